The van der Waals surface area contributed by atoms with E-state index in [0.717, 1.165) is 12.8 Å². The molecule has 1 heterocycles. The number of amides is 1. The summed E-state index contributed by atoms with van der Waals surface area (Å²) < 4.78 is 0. The maximum Gasteiger partial charge on any atom is 0.309 e. The lowest BCUT2D eigenvalue weighted by atomic mass is 9.74. The van der Waals surface area contributed by atoms with Crippen LogP contribution < -0.4 is 0 Å². The molecule has 86 valence electrons. The lowest BCUT2D eigenvalue weighted by Gasteiger charge is -2.37. The number of aliphatic carboxylic acids is 1. The fourth-order valence-corrected chi connectivity index (χ4v) is 2.09. The van der Waals surface area contributed by atoms with Crippen LogP contribution in [0.2, 0.25) is 0 Å². The molecule has 1 saturated heterocycles. The minimum atomic E-state index is -0.747. The summed E-state index contributed by atoms with van der Waals surface area (Å²) in [5.41, 5.74) is -0.678. The Morgan fingerprint density at radius 2 is 1.73 bits per heavy atom. The molecule has 0 radical (unpaired) electrons. The Hall–Kier alpha value is -1.06. The van der Waals surface area contributed by atoms with Crippen LogP contribution in [0.4, 0.5) is 0 Å². The van der Waals surface area contributed by atoms with E-state index in [0.29, 0.717) is 13.1 Å². The van der Waals surface area contributed by atoms with Crippen molar-refractivity contribution in [3.05, 3.63) is 0 Å². The number of carboxylic acid groups (broad SMARTS) is 1. The number of carbonyl (C=O) groups excluding carboxylic acids is 1. The second kappa shape index (κ2) is 4.21. The molecule has 1 rings (SSSR count). The maximum absolute atomic E-state index is 11.1. The van der Waals surface area contributed by atoms with Crippen LogP contribution in [0.5, 0.6) is 0 Å². The Balaban J connectivity index is 2.57. The highest BCUT2D eigenvalue weighted by Gasteiger charge is 2.38. The molecule has 1 aliphatic rings. The molecule has 0 bridgehead atoms. The summed E-state index contributed by atoms with van der Waals surface area (Å²) in [6, 6.07) is 0. The molecule has 1 N–H and O–H groups in total. The molecule has 0 aromatic rings. The second-order valence-electron chi connectivity index (χ2n) is 4.81. The number of nitrogens with zero attached hydrogens (tertiary/aromatic N) is 1. The number of hydrogen-bond acceptors (Lipinski definition) is 2. The van der Waals surface area contributed by atoms with E-state index >= 15 is 0 Å². The van der Waals surface area contributed by atoms with Gasteiger partial charge in [0.05, 0.1) is 5.41 Å². The van der Waals surface area contributed by atoms with Gasteiger partial charge in [0.25, 0.3) is 0 Å². The molecule has 0 spiro atoms. The Morgan fingerprint density at radius 1 is 1.27 bits per heavy atom. The second-order valence-corrected chi connectivity index (χ2v) is 4.81. The highest BCUT2D eigenvalue weighted by atomic mass is 16.4. The minimum Gasteiger partial charge on any atom is -0.481 e. The van der Waals surface area contributed by atoms with Gasteiger partial charge in [0.1, 0.15) is 0 Å². The van der Waals surface area contributed by atoms with Crippen molar-refractivity contribution < 1.29 is 14.7 Å². The van der Waals surface area contributed by atoms with Crippen molar-refractivity contribution in [3.63, 3.8) is 0 Å². The standard InChI is InChI=1S/C11H19NO3/c1-8(13)12-6-4-9(5-7-12)11(2,3)10(14)15/h9H,4-7H2,1-3H3,(H,14,15). The molecule has 1 amide bonds. The van der Waals surface area contributed by atoms with E-state index in [-0.39, 0.29) is 11.8 Å². The van der Waals surface area contributed by atoms with Gasteiger partial charge in [-0.15, -0.1) is 0 Å². The van der Waals surface area contributed by atoms with E-state index in [1.54, 1.807) is 25.7 Å². The number of carbonyl (C=O) groups is 2. The van der Waals surface area contributed by atoms with Crippen LogP contribution >= 0.6 is 0 Å². The third kappa shape index (κ3) is 2.49. The molecular formula is C11H19NO3. The quantitative estimate of drug-likeness (QED) is 0.753. The zero-order valence-corrected chi connectivity index (χ0v) is 9.62. The van der Waals surface area contributed by atoms with Gasteiger partial charge in [0.2, 0.25) is 5.91 Å². The molecule has 0 aromatic heterocycles. The Bertz CT molecular complexity index is 265. The van der Waals surface area contributed by atoms with Gasteiger partial charge >= 0.3 is 5.97 Å². The summed E-state index contributed by atoms with van der Waals surface area (Å²) in [5.74, 6) is -0.490. The van der Waals surface area contributed by atoms with Crippen LogP contribution in [-0.4, -0.2) is 35.0 Å². The lowest BCUT2D eigenvalue weighted by molar-refractivity contribution is -0.151. The molecular weight excluding hydrogens is 194 g/mol. The van der Waals surface area contributed by atoms with E-state index in [1.807, 2.05) is 0 Å². The summed E-state index contributed by atoms with van der Waals surface area (Å²) in [7, 11) is 0. The fraction of sp³-hybridized carbons (Fsp3) is 0.818. The summed E-state index contributed by atoms with van der Waals surface area (Å²) in [4.78, 5) is 23.9. The molecule has 0 aliphatic carbocycles. The summed E-state index contributed by atoms with van der Waals surface area (Å²) in [5, 5.41) is 9.09. The monoisotopic (exact) mass is 213 g/mol. The topological polar surface area (TPSA) is 57.6 Å². The van der Waals surface area contributed by atoms with Crippen LogP contribution in [0.15, 0.2) is 0 Å². The molecule has 4 nitrogen and oxygen atoms in total. The smallest absolute Gasteiger partial charge is 0.309 e. The van der Waals surface area contributed by atoms with Gasteiger partial charge in [-0.05, 0) is 32.6 Å². The van der Waals surface area contributed by atoms with Crippen LogP contribution in [0, 0.1) is 11.3 Å². The first kappa shape index (κ1) is 12.0. The Morgan fingerprint density at radius 3 is 2.07 bits per heavy atom. The molecule has 0 saturated carbocycles. The molecule has 0 unspecified atom stereocenters. The van der Waals surface area contributed by atoms with Crippen LogP contribution in [0.3, 0.4) is 0 Å². The van der Waals surface area contributed by atoms with Crippen molar-refractivity contribution in [1.82, 2.24) is 4.90 Å². The first-order valence-electron chi connectivity index (χ1n) is 5.34. The van der Waals surface area contributed by atoms with Crippen molar-refractivity contribution in [2.75, 3.05) is 13.1 Å². The van der Waals surface area contributed by atoms with Crippen LogP contribution in [-0.2, 0) is 9.59 Å². The van der Waals surface area contributed by atoms with Gasteiger partial charge in [0.15, 0.2) is 0 Å². The summed E-state index contributed by atoms with van der Waals surface area (Å²) >= 11 is 0. The molecule has 0 aromatic carbocycles. The predicted molar refractivity (Wildman–Crippen MR) is 56.4 cm³/mol. The van der Waals surface area contributed by atoms with Gasteiger partial charge in [-0.25, -0.2) is 0 Å². The zero-order valence-electron chi connectivity index (χ0n) is 9.62. The lowest BCUT2D eigenvalue weighted by Crippen LogP contribution is -2.43. The number of carboxylic acids is 1. The first-order valence-corrected chi connectivity index (χ1v) is 5.34. The number of hydrogen-bond donors (Lipinski definition) is 1. The number of rotatable bonds is 2. The van der Waals surface area contributed by atoms with Gasteiger partial charge < -0.3 is 10.0 Å². The maximum atomic E-state index is 11.1. The molecule has 1 fully saturated rings. The van der Waals surface area contributed by atoms with E-state index in [9.17, 15) is 9.59 Å². The van der Waals surface area contributed by atoms with Gasteiger partial charge in [-0.3, -0.25) is 9.59 Å². The average Bonchev–Trinajstić information content (AvgIpc) is 2.17. The van der Waals surface area contributed by atoms with Crippen molar-refractivity contribution in [2.45, 2.75) is 33.6 Å². The van der Waals surface area contributed by atoms with E-state index in [4.69, 9.17) is 5.11 Å². The normalized spacial score (nSPS) is 19.0. The largest absolute Gasteiger partial charge is 0.481 e. The van der Waals surface area contributed by atoms with Crippen molar-refractivity contribution in [1.29, 1.82) is 0 Å². The highest BCUT2D eigenvalue weighted by Crippen LogP contribution is 2.35. The average molecular weight is 213 g/mol. The van der Waals surface area contributed by atoms with E-state index in [2.05, 4.69) is 0 Å². The number of piperidine rings is 1. The van der Waals surface area contributed by atoms with E-state index < -0.39 is 11.4 Å². The predicted octanol–water partition coefficient (Wildman–Crippen LogP) is 1.36. The first-order chi connectivity index (χ1) is 6.85. The zero-order chi connectivity index (χ0) is 11.6. The Labute approximate surface area is 90.3 Å². The fourth-order valence-electron chi connectivity index (χ4n) is 2.09. The molecule has 0 atom stereocenters. The molecule has 4 heteroatoms. The van der Waals surface area contributed by atoms with Gasteiger partial charge in [0, 0.05) is 20.0 Å². The van der Waals surface area contributed by atoms with Crippen LogP contribution in [0.25, 0.3) is 0 Å². The molecule has 15 heavy (non-hydrogen) atoms. The van der Waals surface area contributed by atoms with Crippen molar-refractivity contribution >= 4 is 11.9 Å². The van der Waals surface area contributed by atoms with Crippen LogP contribution in [0.1, 0.15) is 33.6 Å². The van der Waals surface area contributed by atoms with Gasteiger partial charge in [-0.1, -0.05) is 0 Å². The third-order valence-corrected chi connectivity index (χ3v) is 3.51. The summed E-state index contributed by atoms with van der Waals surface area (Å²) in [6.07, 6.45) is 1.58. The van der Waals surface area contributed by atoms with Crippen molar-refractivity contribution in [2.24, 2.45) is 11.3 Å². The SMILES string of the molecule is CC(=O)N1CCC(C(C)(C)C(=O)O)CC1. The summed E-state index contributed by atoms with van der Waals surface area (Å²) in [6.45, 7) is 6.48. The third-order valence-electron chi connectivity index (χ3n) is 3.51. The van der Waals surface area contributed by atoms with Gasteiger partial charge in [-0.2, -0.15) is 0 Å². The van der Waals surface area contributed by atoms with Crippen molar-refractivity contribution in [3.8, 4) is 0 Å². The Kier molecular flexibility index (Phi) is 3.37. The van der Waals surface area contributed by atoms with E-state index in [1.165, 1.54) is 0 Å². The number of likely N-dealkylation sites (tertiary alicyclic amines) is 1. The highest BCUT2D eigenvalue weighted by molar-refractivity contribution is 5.75. The minimum absolute atomic E-state index is 0.0848. The molecule has 1 aliphatic heterocycles.